The van der Waals surface area contributed by atoms with Gasteiger partial charge in [-0.25, -0.2) is 0 Å². The van der Waals surface area contributed by atoms with Gasteiger partial charge in [0, 0.05) is 53.8 Å². The Hall–Kier alpha value is -3.29. The van der Waals surface area contributed by atoms with Gasteiger partial charge in [-0.3, -0.25) is 4.55 Å². The van der Waals surface area contributed by atoms with E-state index in [4.69, 9.17) is 4.74 Å². The molecule has 3 aliphatic rings. The lowest BCUT2D eigenvalue weighted by Crippen LogP contribution is -2.27. The summed E-state index contributed by atoms with van der Waals surface area (Å²) in [5, 5.41) is 0. The first-order valence-corrected chi connectivity index (χ1v) is 18.4. The predicted molar refractivity (Wildman–Crippen MR) is 191 cm³/mol. The van der Waals surface area contributed by atoms with E-state index >= 15 is 0 Å². The number of anilines is 1. The highest BCUT2D eigenvalue weighted by Crippen LogP contribution is 2.48. The van der Waals surface area contributed by atoms with Gasteiger partial charge in [0.15, 0.2) is 0 Å². The zero-order valence-corrected chi connectivity index (χ0v) is 30.0. The van der Waals surface area contributed by atoms with Gasteiger partial charge in [0.05, 0.1) is 4.90 Å². The van der Waals surface area contributed by atoms with Gasteiger partial charge < -0.3 is 14.5 Å². The molecule has 0 atom stereocenters. The molecule has 6 nitrogen and oxygen atoms in total. The van der Waals surface area contributed by atoms with Gasteiger partial charge >= 0.3 is 0 Å². The predicted octanol–water partition coefficient (Wildman–Crippen LogP) is 9.77. The molecule has 0 fully saturated rings. The molecule has 0 radical (unpaired) electrons. The van der Waals surface area contributed by atoms with Crippen LogP contribution in [-0.2, 0) is 20.3 Å². The lowest BCUT2D eigenvalue weighted by Gasteiger charge is -2.33. The summed E-state index contributed by atoms with van der Waals surface area (Å²) in [7, 11) is -4.29. The van der Waals surface area contributed by atoms with E-state index in [2.05, 4.69) is 89.5 Å². The first-order chi connectivity index (χ1) is 21.7. The van der Waals surface area contributed by atoms with Crippen molar-refractivity contribution in [2.45, 2.75) is 104 Å². The van der Waals surface area contributed by atoms with E-state index in [-0.39, 0.29) is 10.3 Å². The van der Waals surface area contributed by atoms with Crippen LogP contribution in [0.1, 0.15) is 99.5 Å². The first-order valence-electron chi connectivity index (χ1n) is 17.0. The number of hydrogen-bond donors (Lipinski definition) is 1. The maximum Gasteiger partial charge on any atom is 0.294 e. The van der Waals surface area contributed by atoms with Crippen LogP contribution in [0.4, 0.5) is 5.69 Å². The van der Waals surface area contributed by atoms with Gasteiger partial charge in [-0.15, -0.1) is 0 Å². The lowest BCUT2D eigenvalue weighted by molar-refractivity contribution is 0.307. The van der Waals surface area contributed by atoms with Crippen molar-refractivity contribution in [1.82, 2.24) is 4.90 Å². The van der Waals surface area contributed by atoms with Crippen molar-refractivity contribution in [3.8, 4) is 0 Å². The van der Waals surface area contributed by atoms with Crippen LogP contribution >= 0.6 is 0 Å². The number of nitrogens with zero attached hydrogens (tertiary/aromatic N) is 2. The molecular weight excluding hydrogens is 593 g/mol. The van der Waals surface area contributed by atoms with Crippen LogP contribution in [0.5, 0.6) is 0 Å². The maximum absolute atomic E-state index is 12.0. The van der Waals surface area contributed by atoms with Gasteiger partial charge in [-0.05, 0) is 79.7 Å². The Morgan fingerprint density at radius 1 is 1.00 bits per heavy atom. The summed E-state index contributed by atoms with van der Waals surface area (Å²) in [5.74, 6) is 1.75. The van der Waals surface area contributed by atoms with E-state index in [0.717, 1.165) is 67.4 Å². The molecule has 0 amide bonds. The molecule has 250 valence electrons. The largest absolute Gasteiger partial charge is 0.457 e. The highest BCUT2D eigenvalue weighted by atomic mass is 32.2. The molecule has 1 aromatic rings. The number of benzene rings is 1. The highest BCUT2D eigenvalue weighted by molar-refractivity contribution is 7.85. The first kappa shape index (κ1) is 35.6. The van der Waals surface area contributed by atoms with Crippen LogP contribution in [0.2, 0.25) is 0 Å². The SMILES string of the molecule is CCCCCCCN1C(=CC=CC=CC2=CC(C(C)(C)C)=C3CC=C(N(CC)CC)C=C3O2)C(C)(C)c2cc(S(=O)(=O)O)ccc21. The number of allylic oxidation sites excluding steroid dienone is 11. The van der Waals surface area contributed by atoms with Crippen molar-refractivity contribution in [1.29, 1.82) is 0 Å². The van der Waals surface area contributed by atoms with E-state index < -0.39 is 15.5 Å². The van der Waals surface area contributed by atoms with Crippen molar-refractivity contribution >= 4 is 15.8 Å². The minimum atomic E-state index is -4.29. The summed E-state index contributed by atoms with van der Waals surface area (Å²) >= 11 is 0. The van der Waals surface area contributed by atoms with Crippen LogP contribution in [0.3, 0.4) is 0 Å². The third-order valence-electron chi connectivity index (χ3n) is 9.25. The van der Waals surface area contributed by atoms with Crippen molar-refractivity contribution in [3.05, 3.63) is 106 Å². The van der Waals surface area contributed by atoms with Crippen molar-refractivity contribution in [2.24, 2.45) is 5.41 Å². The minimum Gasteiger partial charge on any atom is -0.457 e. The molecule has 1 aromatic carbocycles. The van der Waals surface area contributed by atoms with Gasteiger partial charge in [0.1, 0.15) is 11.5 Å². The Bertz CT molecular complexity index is 1610. The smallest absolute Gasteiger partial charge is 0.294 e. The summed E-state index contributed by atoms with van der Waals surface area (Å²) in [6, 6.07) is 4.96. The molecule has 0 unspecified atom stereocenters. The fraction of sp³-hybridized carbons (Fsp3) is 0.487. The maximum atomic E-state index is 12.0. The number of hydrogen-bond acceptors (Lipinski definition) is 5. The van der Waals surface area contributed by atoms with Crippen LogP contribution in [-0.4, -0.2) is 37.5 Å². The summed E-state index contributed by atoms with van der Waals surface area (Å²) in [6.45, 7) is 20.3. The van der Waals surface area contributed by atoms with Crippen LogP contribution in [0, 0.1) is 5.41 Å². The number of fused-ring (bicyclic) bond motifs is 2. The molecular formula is C39H54N2O4S. The molecule has 0 saturated heterocycles. The molecule has 7 heteroatoms. The Morgan fingerprint density at radius 2 is 1.72 bits per heavy atom. The fourth-order valence-corrected chi connectivity index (χ4v) is 7.17. The zero-order valence-electron chi connectivity index (χ0n) is 29.2. The molecule has 2 aliphatic heterocycles. The molecule has 46 heavy (non-hydrogen) atoms. The third-order valence-corrected chi connectivity index (χ3v) is 10.1. The van der Waals surface area contributed by atoms with E-state index in [1.165, 1.54) is 42.2 Å². The van der Waals surface area contributed by atoms with Gasteiger partial charge in [0.2, 0.25) is 0 Å². The molecule has 1 N–H and O–H groups in total. The van der Waals surface area contributed by atoms with E-state index in [0.29, 0.717) is 0 Å². The van der Waals surface area contributed by atoms with E-state index in [1.54, 1.807) is 6.07 Å². The zero-order chi connectivity index (χ0) is 33.7. The fourth-order valence-electron chi connectivity index (χ4n) is 6.66. The highest BCUT2D eigenvalue weighted by Gasteiger charge is 2.40. The molecule has 0 aromatic heterocycles. The Balaban J connectivity index is 1.59. The molecule has 0 spiro atoms. The average molecular weight is 647 g/mol. The van der Waals surface area contributed by atoms with E-state index in [1.807, 2.05) is 30.4 Å². The number of ether oxygens (including phenoxy) is 1. The monoisotopic (exact) mass is 646 g/mol. The summed E-state index contributed by atoms with van der Waals surface area (Å²) in [5.41, 5.74) is 6.33. The Labute approximate surface area is 278 Å². The van der Waals surface area contributed by atoms with Crippen molar-refractivity contribution < 1.29 is 17.7 Å². The second kappa shape index (κ2) is 14.6. The van der Waals surface area contributed by atoms with Crippen molar-refractivity contribution in [3.63, 3.8) is 0 Å². The lowest BCUT2D eigenvalue weighted by atomic mass is 9.79. The Morgan fingerprint density at radius 3 is 2.37 bits per heavy atom. The second-order valence-electron chi connectivity index (χ2n) is 13.9. The van der Waals surface area contributed by atoms with Gasteiger partial charge in [-0.1, -0.05) is 91.5 Å². The quantitative estimate of drug-likeness (QED) is 0.131. The topological polar surface area (TPSA) is 70.1 Å². The van der Waals surface area contributed by atoms with Crippen LogP contribution in [0.15, 0.2) is 106 Å². The molecule has 1 aliphatic carbocycles. The molecule has 2 heterocycles. The standard InChI is InChI=1S/C39H54N2O4S/c1-9-12-13-14-18-25-41-35-24-22-31(46(42,43)44)28-34(35)39(7,8)37(41)20-17-15-16-19-30-27-33(38(4,5)6)32-23-21-29(26-36(32)45-30)40(10-2)11-3/h15-17,19-22,24,26-28H,9-14,18,23,25H2,1-8H3,(H,42,43,44). The number of likely N-dealkylation sites (N-methyl/N-ethyl adjacent to an activating group) is 1. The summed E-state index contributed by atoms with van der Waals surface area (Å²) < 4.78 is 40.1. The number of unbranched alkanes of at least 4 members (excludes halogenated alkanes) is 4. The normalized spacial score (nSPS) is 18.9. The minimum absolute atomic E-state index is 0.0175. The van der Waals surface area contributed by atoms with Crippen molar-refractivity contribution in [2.75, 3.05) is 24.5 Å². The van der Waals surface area contributed by atoms with Crippen LogP contribution in [0.25, 0.3) is 0 Å². The summed E-state index contributed by atoms with van der Waals surface area (Å²) in [6.07, 6.45) is 23.6. The van der Waals surface area contributed by atoms with E-state index in [9.17, 15) is 13.0 Å². The molecule has 4 rings (SSSR count). The number of rotatable bonds is 13. The third kappa shape index (κ3) is 7.98. The Kier molecular flexibility index (Phi) is 11.3. The second-order valence-corrected chi connectivity index (χ2v) is 15.4. The van der Waals surface area contributed by atoms with Crippen LogP contribution < -0.4 is 4.90 Å². The molecule has 0 bridgehead atoms. The van der Waals surface area contributed by atoms with Gasteiger partial charge in [-0.2, -0.15) is 8.42 Å². The van der Waals surface area contributed by atoms with Gasteiger partial charge in [0.25, 0.3) is 10.1 Å². The summed E-state index contributed by atoms with van der Waals surface area (Å²) in [4.78, 5) is 4.60. The average Bonchev–Trinajstić information content (AvgIpc) is 3.21. The molecule has 0 saturated carbocycles.